The fraction of sp³-hybridized carbons (Fsp3) is 0.333. The third-order valence-electron chi connectivity index (χ3n) is 5.15. The molecule has 2 aromatic heterocycles. The van der Waals surface area contributed by atoms with E-state index < -0.39 is 0 Å². The Labute approximate surface area is 183 Å². The molecule has 0 aliphatic carbocycles. The van der Waals surface area contributed by atoms with Crippen LogP contribution < -0.4 is 19.9 Å². The monoisotopic (exact) mass is 421 g/mol. The normalized spacial score (nSPS) is 12.7. The molecule has 0 saturated carbocycles. The number of benzene rings is 1. The number of likely N-dealkylation sites (N-methyl/N-ethyl adjacent to an activating group) is 2. The summed E-state index contributed by atoms with van der Waals surface area (Å²) < 4.78 is 5.35. The van der Waals surface area contributed by atoms with Crippen molar-refractivity contribution in [1.29, 1.82) is 0 Å². The van der Waals surface area contributed by atoms with Gasteiger partial charge in [-0.1, -0.05) is 0 Å². The Morgan fingerprint density at radius 3 is 2.65 bits per heavy atom. The molecule has 7 heteroatoms. The zero-order chi connectivity index (χ0) is 22.5. The largest absolute Gasteiger partial charge is 0.497 e. The van der Waals surface area contributed by atoms with E-state index in [-0.39, 0.29) is 12.2 Å². The van der Waals surface area contributed by atoms with E-state index in [0.717, 1.165) is 40.3 Å². The standard InChI is InChI=1S/C24H31N5O2/c1-16(2)26-21-8-7-11-25-24(21)29(5)23(12-17(3)15-30)28(4)22-14-18-13-19(31-6)9-10-20(18)27-22/h7-16,23,26-27H,1-6H3/b17-12-. The highest BCUT2D eigenvalue weighted by Crippen LogP contribution is 2.30. The molecule has 2 N–H and O–H groups in total. The topological polar surface area (TPSA) is 73.5 Å². The van der Waals surface area contributed by atoms with Crippen LogP contribution in [0.1, 0.15) is 20.8 Å². The molecule has 7 nitrogen and oxygen atoms in total. The van der Waals surface area contributed by atoms with Crippen LogP contribution in [-0.4, -0.2) is 49.7 Å². The summed E-state index contributed by atoms with van der Waals surface area (Å²) in [4.78, 5) is 23.7. The van der Waals surface area contributed by atoms with Crippen LogP contribution in [0.2, 0.25) is 0 Å². The van der Waals surface area contributed by atoms with Gasteiger partial charge >= 0.3 is 0 Å². The van der Waals surface area contributed by atoms with Gasteiger partial charge in [0.05, 0.1) is 12.8 Å². The lowest BCUT2D eigenvalue weighted by atomic mass is 10.2. The number of aldehydes is 1. The van der Waals surface area contributed by atoms with Crippen molar-refractivity contribution in [2.24, 2.45) is 0 Å². The lowest BCUT2D eigenvalue weighted by molar-refractivity contribution is -0.104. The summed E-state index contributed by atoms with van der Waals surface area (Å²) >= 11 is 0. The quantitative estimate of drug-likeness (QED) is 0.302. The van der Waals surface area contributed by atoms with E-state index >= 15 is 0 Å². The van der Waals surface area contributed by atoms with Crippen LogP contribution in [0.15, 0.2) is 54.2 Å². The molecule has 3 rings (SSSR count). The molecule has 0 fully saturated rings. The van der Waals surface area contributed by atoms with Crippen LogP contribution >= 0.6 is 0 Å². The molecule has 0 aliphatic rings. The van der Waals surface area contributed by atoms with Crippen LogP contribution in [0, 0.1) is 0 Å². The van der Waals surface area contributed by atoms with E-state index in [9.17, 15) is 4.79 Å². The second-order valence-electron chi connectivity index (χ2n) is 7.95. The molecule has 0 bridgehead atoms. The third-order valence-corrected chi connectivity index (χ3v) is 5.15. The SMILES string of the molecule is COc1ccc2[nH]c(N(C)C(/C=C(/C)C=O)N(C)c3ncccc3NC(C)C)cc2c1. The molecule has 1 aromatic carbocycles. The molecule has 1 atom stereocenters. The molecule has 164 valence electrons. The molecular weight excluding hydrogens is 390 g/mol. The number of carbonyl (C=O) groups is 1. The number of carbonyl (C=O) groups excluding carboxylic acids is 1. The molecule has 0 radical (unpaired) electrons. The van der Waals surface area contributed by atoms with Gasteiger partial charge in [0.25, 0.3) is 0 Å². The number of rotatable bonds is 9. The molecule has 2 heterocycles. The molecule has 3 aromatic rings. The summed E-state index contributed by atoms with van der Waals surface area (Å²) in [6.45, 7) is 5.99. The van der Waals surface area contributed by atoms with E-state index in [0.29, 0.717) is 5.57 Å². The number of H-pyrrole nitrogens is 1. The van der Waals surface area contributed by atoms with E-state index in [1.807, 2.05) is 57.4 Å². The zero-order valence-electron chi connectivity index (χ0n) is 19.0. The second-order valence-corrected chi connectivity index (χ2v) is 7.95. The van der Waals surface area contributed by atoms with E-state index in [1.165, 1.54) is 0 Å². The summed E-state index contributed by atoms with van der Waals surface area (Å²) in [6, 6.07) is 12.2. The first-order valence-electron chi connectivity index (χ1n) is 10.3. The molecule has 0 spiro atoms. The minimum absolute atomic E-state index is 0.247. The molecule has 1 unspecified atom stereocenters. The number of ether oxygens (including phenoxy) is 1. The van der Waals surface area contributed by atoms with Crippen LogP contribution in [0.3, 0.4) is 0 Å². The minimum Gasteiger partial charge on any atom is -0.497 e. The fourth-order valence-electron chi connectivity index (χ4n) is 3.54. The van der Waals surface area contributed by atoms with Crippen LogP contribution in [-0.2, 0) is 4.79 Å². The number of aromatic nitrogens is 2. The summed E-state index contributed by atoms with van der Waals surface area (Å²) in [7, 11) is 5.64. The summed E-state index contributed by atoms with van der Waals surface area (Å²) in [6.07, 6.45) is 4.34. The van der Waals surface area contributed by atoms with Crippen LogP contribution in [0.5, 0.6) is 5.75 Å². The smallest absolute Gasteiger partial charge is 0.153 e. The molecule has 0 aliphatic heterocycles. The number of pyridine rings is 1. The van der Waals surface area contributed by atoms with Crippen molar-refractivity contribution >= 4 is 34.5 Å². The highest BCUT2D eigenvalue weighted by atomic mass is 16.5. The molecular formula is C24H31N5O2. The van der Waals surface area contributed by atoms with Gasteiger partial charge in [0.15, 0.2) is 5.82 Å². The highest BCUT2D eigenvalue weighted by molar-refractivity contribution is 5.85. The maximum absolute atomic E-state index is 11.4. The number of nitrogens with one attached hydrogen (secondary N) is 2. The van der Waals surface area contributed by atoms with Gasteiger partial charge in [-0.3, -0.25) is 4.79 Å². The Morgan fingerprint density at radius 2 is 1.97 bits per heavy atom. The molecule has 0 saturated heterocycles. The molecule has 0 amide bonds. The van der Waals surface area contributed by atoms with Crippen molar-refractivity contribution in [2.75, 3.05) is 36.3 Å². The zero-order valence-corrected chi connectivity index (χ0v) is 19.0. The average molecular weight is 422 g/mol. The summed E-state index contributed by atoms with van der Waals surface area (Å²) in [5.74, 6) is 2.54. The number of methoxy groups -OCH3 is 1. The van der Waals surface area contributed by atoms with Crippen molar-refractivity contribution in [1.82, 2.24) is 9.97 Å². The van der Waals surface area contributed by atoms with Crippen LogP contribution in [0.4, 0.5) is 17.3 Å². The van der Waals surface area contributed by atoms with Crippen molar-refractivity contribution in [3.63, 3.8) is 0 Å². The first kappa shape index (κ1) is 22.2. The first-order chi connectivity index (χ1) is 14.8. The van der Waals surface area contributed by atoms with Crippen LogP contribution in [0.25, 0.3) is 10.9 Å². The van der Waals surface area contributed by atoms with Gasteiger partial charge in [-0.05, 0) is 68.8 Å². The Balaban J connectivity index is 2.02. The van der Waals surface area contributed by atoms with E-state index in [1.54, 1.807) is 13.3 Å². The van der Waals surface area contributed by atoms with Crippen molar-refractivity contribution < 1.29 is 9.53 Å². The van der Waals surface area contributed by atoms with Gasteiger partial charge in [-0.2, -0.15) is 0 Å². The fourth-order valence-corrected chi connectivity index (χ4v) is 3.54. The maximum atomic E-state index is 11.4. The Hall–Kier alpha value is -3.48. The second kappa shape index (κ2) is 9.55. The maximum Gasteiger partial charge on any atom is 0.153 e. The summed E-state index contributed by atoms with van der Waals surface area (Å²) in [5, 5.41) is 4.51. The number of hydrogen-bond acceptors (Lipinski definition) is 6. The first-order valence-corrected chi connectivity index (χ1v) is 10.3. The highest BCUT2D eigenvalue weighted by Gasteiger charge is 2.23. The number of nitrogens with zero attached hydrogens (tertiary/aromatic N) is 3. The van der Waals surface area contributed by atoms with Gasteiger partial charge in [-0.25, -0.2) is 4.98 Å². The van der Waals surface area contributed by atoms with E-state index in [4.69, 9.17) is 4.74 Å². The average Bonchev–Trinajstić information content (AvgIpc) is 3.19. The van der Waals surface area contributed by atoms with Gasteiger partial charge in [-0.15, -0.1) is 0 Å². The summed E-state index contributed by atoms with van der Waals surface area (Å²) in [5.41, 5.74) is 2.60. The predicted molar refractivity (Wildman–Crippen MR) is 128 cm³/mol. The Kier molecular flexibility index (Phi) is 6.84. The van der Waals surface area contributed by atoms with Gasteiger partial charge in [0.1, 0.15) is 24.0 Å². The van der Waals surface area contributed by atoms with Crippen molar-refractivity contribution in [3.8, 4) is 5.75 Å². The number of aromatic amines is 1. The lowest BCUT2D eigenvalue weighted by Crippen LogP contribution is -2.45. The number of fused-ring (bicyclic) bond motifs is 1. The number of allylic oxidation sites excluding steroid dienone is 1. The lowest BCUT2D eigenvalue weighted by Gasteiger charge is -2.36. The minimum atomic E-state index is -0.247. The van der Waals surface area contributed by atoms with E-state index in [2.05, 4.69) is 45.0 Å². The van der Waals surface area contributed by atoms with Gasteiger partial charge in [0, 0.05) is 37.2 Å². The van der Waals surface area contributed by atoms with Crippen molar-refractivity contribution in [2.45, 2.75) is 33.0 Å². The predicted octanol–water partition coefficient (Wildman–Crippen LogP) is 4.44. The Bertz CT molecular complexity index is 1070. The molecule has 31 heavy (non-hydrogen) atoms. The van der Waals surface area contributed by atoms with Gasteiger partial charge in [0.2, 0.25) is 0 Å². The third kappa shape index (κ3) is 4.99. The Morgan fingerprint density at radius 1 is 1.19 bits per heavy atom. The number of anilines is 3. The van der Waals surface area contributed by atoms with Gasteiger partial charge < -0.3 is 24.8 Å². The van der Waals surface area contributed by atoms with Crippen molar-refractivity contribution in [3.05, 3.63) is 54.2 Å². The number of hydrogen-bond donors (Lipinski definition) is 2.